The molecule has 0 aliphatic carbocycles. The Labute approximate surface area is 121 Å². The van der Waals surface area contributed by atoms with E-state index in [4.69, 9.17) is 5.73 Å². The molecular weight excluding hydrogens is 308 g/mol. The number of anilines is 1. The number of benzene rings is 1. The van der Waals surface area contributed by atoms with Crippen LogP contribution < -0.4 is 15.8 Å². The molecule has 0 unspecified atom stereocenters. The van der Waals surface area contributed by atoms with Crippen LogP contribution in [0.1, 0.15) is 12.5 Å². The molecule has 0 saturated heterocycles. The lowest BCUT2D eigenvalue weighted by Gasteiger charge is -2.10. The average molecular weight is 323 g/mol. The van der Waals surface area contributed by atoms with Gasteiger partial charge in [0, 0.05) is 18.7 Å². The Kier molecular flexibility index (Phi) is 5.78. The van der Waals surface area contributed by atoms with Crippen LogP contribution in [0.5, 0.6) is 0 Å². The number of halogens is 2. The van der Waals surface area contributed by atoms with Crippen LogP contribution in [0.2, 0.25) is 0 Å². The Morgan fingerprint density at radius 2 is 1.90 bits per heavy atom. The molecule has 5 nitrogen and oxygen atoms in total. The van der Waals surface area contributed by atoms with Crippen molar-refractivity contribution in [2.75, 3.05) is 24.2 Å². The summed E-state index contributed by atoms with van der Waals surface area (Å²) in [5.41, 5.74) is 4.95. The quantitative estimate of drug-likeness (QED) is 0.651. The molecule has 1 aromatic carbocycles. The molecule has 9 heteroatoms. The van der Waals surface area contributed by atoms with Gasteiger partial charge in [0.25, 0.3) is 0 Å². The Morgan fingerprint density at radius 3 is 2.35 bits per heavy atom. The van der Waals surface area contributed by atoms with Crippen LogP contribution in [-0.2, 0) is 10.0 Å². The van der Waals surface area contributed by atoms with Gasteiger partial charge in [-0.15, -0.1) is 0 Å². The van der Waals surface area contributed by atoms with Gasteiger partial charge in [-0.2, -0.15) is 0 Å². The molecule has 20 heavy (non-hydrogen) atoms. The molecule has 112 valence electrons. The largest absolute Gasteiger partial charge is 0.389 e. The molecule has 0 saturated carbocycles. The smallest absolute Gasteiger partial charge is 0.213 e. The molecular formula is C11H15F2N3O2S2. The fourth-order valence-electron chi connectivity index (χ4n) is 1.49. The van der Waals surface area contributed by atoms with Crippen LogP contribution in [-0.4, -0.2) is 32.2 Å². The monoisotopic (exact) mass is 323 g/mol. The number of hydrogen-bond donors (Lipinski definition) is 3. The highest BCUT2D eigenvalue weighted by atomic mass is 32.2. The average Bonchev–Trinajstić information content (AvgIpc) is 2.32. The third kappa shape index (κ3) is 4.66. The summed E-state index contributed by atoms with van der Waals surface area (Å²) >= 11 is 4.63. The molecule has 0 aliphatic rings. The lowest BCUT2D eigenvalue weighted by Crippen LogP contribution is -2.29. The summed E-state index contributed by atoms with van der Waals surface area (Å²) in [5.74, 6) is -2.06. The van der Waals surface area contributed by atoms with Crippen molar-refractivity contribution < 1.29 is 17.2 Å². The number of sulfonamides is 1. The highest BCUT2D eigenvalue weighted by molar-refractivity contribution is 7.89. The van der Waals surface area contributed by atoms with Crippen molar-refractivity contribution in [1.29, 1.82) is 0 Å². The summed E-state index contributed by atoms with van der Waals surface area (Å²) in [6.07, 6.45) is 0. The van der Waals surface area contributed by atoms with Crippen LogP contribution in [0.25, 0.3) is 0 Å². The van der Waals surface area contributed by atoms with Crippen molar-refractivity contribution >= 4 is 32.9 Å². The van der Waals surface area contributed by atoms with Crippen molar-refractivity contribution in [2.45, 2.75) is 6.92 Å². The fraction of sp³-hybridized carbons (Fsp3) is 0.364. The summed E-state index contributed by atoms with van der Waals surface area (Å²) in [5, 5.41) is 2.41. The molecule has 0 amide bonds. The van der Waals surface area contributed by atoms with Gasteiger partial charge in [-0.25, -0.2) is 21.9 Å². The van der Waals surface area contributed by atoms with E-state index in [-0.39, 0.29) is 29.4 Å². The van der Waals surface area contributed by atoms with E-state index in [1.165, 1.54) is 0 Å². The molecule has 0 aromatic heterocycles. The summed E-state index contributed by atoms with van der Waals surface area (Å²) in [7, 11) is -3.45. The predicted octanol–water partition coefficient (Wildman–Crippen LogP) is 0.950. The molecule has 1 aromatic rings. The second-order valence-corrected chi connectivity index (χ2v) is 6.29. The first-order valence-corrected chi connectivity index (χ1v) is 7.83. The summed E-state index contributed by atoms with van der Waals surface area (Å²) in [4.78, 5) is -0.121. The van der Waals surface area contributed by atoms with E-state index in [0.717, 1.165) is 12.1 Å². The zero-order valence-electron chi connectivity index (χ0n) is 10.7. The van der Waals surface area contributed by atoms with Crippen LogP contribution >= 0.6 is 12.2 Å². The van der Waals surface area contributed by atoms with Gasteiger partial charge in [0.15, 0.2) is 0 Å². The molecule has 0 heterocycles. The van der Waals surface area contributed by atoms with Crippen LogP contribution in [0.15, 0.2) is 12.1 Å². The van der Waals surface area contributed by atoms with Gasteiger partial charge >= 0.3 is 0 Å². The van der Waals surface area contributed by atoms with Crippen molar-refractivity contribution in [3.63, 3.8) is 0 Å². The first kappa shape index (κ1) is 16.7. The summed E-state index contributed by atoms with van der Waals surface area (Å²) in [6.45, 7) is 1.77. The SMILES string of the molecule is CCNS(=O)(=O)CCNc1c(F)cc(C(N)=S)cc1F. The summed E-state index contributed by atoms with van der Waals surface area (Å²) in [6, 6.07) is 1.99. The normalized spacial score (nSPS) is 11.3. The lowest BCUT2D eigenvalue weighted by molar-refractivity contribution is 0.580. The third-order valence-corrected chi connectivity index (χ3v) is 4.07. The van der Waals surface area contributed by atoms with E-state index in [1.54, 1.807) is 6.92 Å². The highest BCUT2D eigenvalue weighted by Crippen LogP contribution is 2.20. The zero-order valence-corrected chi connectivity index (χ0v) is 12.4. The van der Waals surface area contributed by atoms with Crippen LogP contribution in [0.3, 0.4) is 0 Å². The third-order valence-electron chi connectivity index (χ3n) is 2.36. The number of hydrogen-bond acceptors (Lipinski definition) is 4. The van der Waals surface area contributed by atoms with Gasteiger partial charge in [0.2, 0.25) is 10.0 Å². The van der Waals surface area contributed by atoms with E-state index >= 15 is 0 Å². The van der Waals surface area contributed by atoms with E-state index in [0.29, 0.717) is 0 Å². The van der Waals surface area contributed by atoms with E-state index < -0.39 is 27.3 Å². The molecule has 0 fully saturated rings. The highest BCUT2D eigenvalue weighted by Gasteiger charge is 2.14. The standard InChI is InChI=1S/C11H15F2N3O2S2/c1-2-16-20(17,18)4-3-15-10-8(12)5-7(11(14)19)6-9(10)13/h5-6,15-16H,2-4H2,1H3,(H2,14,19). The minimum Gasteiger partial charge on any atom is -0.389 e. The molecule has 0 radical (unpaired) electrons. The van der Waals surface area contributed by atoms with Gasteiger partial charge in [-0.05, 0) is 12.1 Å². The Hall–Kier alpha value is -1.32. The van der Waals surface area contributed by atoms with E-state index in [1.807, 2.05) is 0 Å². The maximum absolute atomic E-state index is 13.7. The maximum atomic E-state index is 13.7. The summed E-state index contributed by atoms with van der Waals surface area (Å²) < 4.78 is 52.3. The van der Waals surface area contributed by atoms with Crippen molar-refractivity contribution in [1.82, 2.24) is 4.72 Å². The van der Waals surface area contributed by atoms with Gasteiger partial charge in [0.05, 0.1) is 5.75 Å². The zero-order chi connectivity index (χ0) is 15.3. The number of thiocarbonyl (C=S) groups is 1. The van der Waals surface area contributed by atoms with Crippen molar-refractivity contribution in [2.24, 2.45) is 5.73 Å². The van der Waals surface area contributed by atoms with E-state index in [9.17, 15) is 17.2 Å². The first-order valence-electron chi connectivity index (χ1n) is 5.77. The van der Waals surface area contributed by atoms with Gasteiger partial charge in [-0.1, -0.05) is 19.1 Å². The second-order valence-electron chi connectivity index (χ2n) is 3.92. The first-order chi connectivity index (χ1) is 9.26. The topological polar surface area (TPSA) is 84.2 Å². The molecule has 0 aliphatic heterocycles. The van der Waals surface area contributed by atoms with Crippen LogP contribution in [0, 0.1) is 11.6 Å². The predicted molar refractivity (Wildman–Crippen MR) is 78.2 cm³/mol. The lowest BCUT2D eigenvalue weighted by atomic mass is 10.2. The molecule has 0 spiro atoms. The minimum absolute atomic E-state index is 0.0702. The van der Waals surface area contributed by atoms with Gasteiger partial charge in [-0.3, -0.25) is 0 Å². The van der Waals surface area contributed by atoms with Crippen molar-refractivity contribution in [3.8, 4) is 0 Å². The Morgan fingerprint density at radius 1 is 1.35 bits per heavy atom. The molecule has 1 rings (SSSR count). The number of nitrogens with two attached hydrogens (primary N) is 1. The minimum atomic E-state index is -3.45. The Bertz CT molecular complexity index is 583. The maximum Gasteiger partial charge on any atom is 0.213 e. The molecule has 0 atom stereocenters. The van der Waals surface area contributed by atoms with Crippen LogP contribution in [0.4, 0.5) is 14.5 Å². The van der Waals surface area contributed by atoms with Gasteiger partial charge < -0.3 is 11.1 Å². The fourth-order valence-corrected chi connectivity index (χ4v) is 2.56. The number of rotatable bonds is 7. The van der Waals surface area contributed by atoms with E-state index in [2.05, 4.69) is 22.3 Å². The van der Waals surface area contributed by atoms with Crippen molar-refractivity contribution in [3.05, 3.63) is 29.3 Å². The second kappa shape index (κ2) is 6.91. The Balaban J connectivity index is 2.77. The molecule has 4 N–H and O–H groups in total. The van der Waals surface area contributed by atoms with Gasteiger partial charge in [0.1, 0.15) is 22.3 Å². The molecule has 0 bridgehead atoms. The number of nitrogens with one attached hydrogen (secondary N) is 2.